The minimum atomic E-state index is -1.25. The van der Waals surface area contributed by atoms with E-state index in [1.54, 1.807) is 13.0 Å². The Kier molecular flexibility index (Phi) is 3.38. The van der Waals surface area contributed by atoms with Gasteiger partial charge in [0, 0.05) is 26.1 Å². The number of ether oxygens (including phenoxy) is 1. The van der Waals surface area contributed by atoms with Crippen LogP contribution >= 0.6 is 0 Å². The average Bonchev–Trinajstić information content (AvgIpc) is 2.77. The number of nitrogens with one attached hydrogen (secondary N) is 1. The van der Waals surface area contributed by atoms with E-state index in [0.29, 0.717) is 19.0 Å². The summed E-state index contributed by atoms with van der Waals surface area (Å²) in [7, 11) is 0. The number of carbonyl (C=O) groups excluding carboxylic acids is 1. The standard InChI is InChI=1S/C12H15NO5/c1-8-2-3-9(18-8)10(14)13-12(11(15)16)4-6-17-7-5-12/h2-3H,4-7H2,1H3,(H,13,14)(H,15,16). The second-order valence-corrected chi connectivity index (χ2v) is 4.36. The van der Waals surface area contributed by atoms with Crippen molar-refractivity contribution < 1.29 is 23.8 Å². The number of rotatable bonds is 3. The van der Waals surface area contributed by atoms with Crippen LogP contribution in [0.15, 0.2) is 16.5 Å². The Bertz CT molecular complexity index is 459. The highest BCUT2D eigenvalue weighted by molar-refractivity contribution is 5.95. The van der Waals surface area contributed by atoms with Crippen LogP contribution in [0.5, 0.6) is 0 Å². The summed E-state index contributed by atoms with van der Waals surface area (Å²) in [4.78, 5) is 23.3. The third-order valence-electron chi connectivity index (χ3n) is 3.07. The number of aliphatic carboxylic acids is 1. The van der Waals surface area contributed by atoms with Gasteiger partial charge in [-0.1, -0.05) is 0 Å². The van der Waals surface area contributed by atoms with E-state index in [1.807, 2.05) is 0 Å². The molecule has 0 unspecified atom stereocenters. The van der Waals surface area contributed by atoms with E-state index in [2.05, 4.69) is 5.32 Å². The van der Waals surface area contributed by atoms with E-state index in [4.69, 9.17) is 9.15 Å². The molecule has 98 valence electrons. The lowest BCUT2D eigenvalue weighted by atomic mass is 9.90. The van der Waals surface area contributed by atoms with Gasteiger partial charge in [-0.3, -0.25) is 4.79 Å². The van der Waals surface area contributed by atoms with Crippen molar-refractivity contribution in [2.45, 2.75) is 25.3 Å². The van der Waals surface area contributed by atoms with Gasteiger partial charge in [-0.05, 0) is 19.1 Å². The highest BCUT2D eigenvalue weighted by Gasteiger charge is 2.42. The lowest BCUT2D eigenvalue weighted by Gasteiger charge is -2.33. The van der Waals surface area contributed by atoms with Gasteiger partial charge < -0.3 is 19.6 Å². The van der Waals surface area contributed by atoms with E-state index in [9.17, 15) is 14.7 Å². The molecule has 0 spiro atoms. The lowest BCUT2D eigenvalue weighted by molar-refractivity contribution is -0.148. The summed E-state index contributed by atoms with van der Waals surface area (Å²) in [5.74, 6) is -0.814. The van der Waals surface area contributed by atoms with Gasteiger partial charge in [0.1, 0.15) is 11.3 Å². The summed E-state index contributed by atoms with van der Waals surface area (Å²) in [6.07, 6.45) is 0.515. The zero-order valence-electron chi connectivity index (χ0n) is 10.1. The van der Waals surface area contributed by atoms with Crippen molar-refractivity contribution in [1.29, 1.82) is 0 Å². The van der Waals surface area contributed by atoms with E-state index in [-0.39, 0.29) is 18.6 Å². The summed E-state index contributed by atoms with van der Waals surface area (Å²) in [6, 6.07) is 3.19. The van der Waals surface area contributed by atoms with Crippen LogP contribution in [-0.2, 0) is 9.53 Å². The number of carbonyl (C=O) groups is 2. The van der Waals surface area contributed by atoms with Crippen molar-refractivity contribution in [2.75, 3.05) is 13.2 Å². The number of amides is 1. The van der Waals surface area contributed by atoms with Crippen molar-refractivity contribution in [2.24, 2.45) is 0 Å². The third-order valence-corrected chi connectivity index (χ3v) is 3.07. The lowest BCUT2D eigenvalue weighted by Crippen LogP contribution is -2.57. The zero-order chi connectivity index (χ0) is 13.2. The largest absolute Gasteiger partial charge is 0.480 e. The first-order valence-electron chi connectivity index (χ1n) is 5.74. The minimum Gasteiger partial charge on any atom is -0.480 e. The topological polar surface area (TPSA) is 88.8 Å². The van der Waals surface area contributed by atoms with E-state index in [0.717, 1.165) is 0 Å². The normalized spacial score (nSPS) is 18.3. The Hall–Kier alpha value is -1.82. The molecule has 0 aromatic carbocycles. The summed E-state index contributed by atoms with van der Waals surface area (Å²) in [5, 5.41) is 11.8. The third kappa shape index (κ3) is 2.38. The highest BCUT2D eigenvalue weighted by Crippen LogP contribution is 2.22. The number of carboxylic acid groups (broad SMARTS) is 1. The number of hydrogen-bond donors (Lipinski definition) is 2. The predicted molar refractivity (Wildman–Crippen MR) is 61.3 cm³/mol. The molecular weight excluding hydrogens is 238 g/mol. The molecule has 1 aromatic heterocycles. The Labute approximate surface area is 104 Å². The second kappa shape index (κ2) is 4.81. The maximum atomic E-state index is 11.9. The smallest absolute Gasteiger partial charge is 0.329 e. The number of carboxylic acids is 1. The van der Waals surface area contributed by atoms with Gasteiger partial charge in [-0.2, -0.15) is 0 Å². The molecule has 1 amide bonds. The first kappa shape index (κ1) is 12.6. The molecule has 0 radical (unpaired) electrons. The molecule has 1 aliphatic rings. The molecule has 2 heterocycles. The van der Waals surface area contributed by atoms with Gasteiger partial charge in [0.2, 0.25) is 0 Å². The maximum absolute atomic E-state index is 11.9. The Balaban J connectivity index is 2.14. The van der Waals surface area contributed by atoms with Crippen LogP contribution in [0.3, 0.4) is 0 Å². The summed E-state index contributed by atoms with van der Waals surface area (Å²) >= 11 is 0. The van der Waals surface area contributed by atoms with Crippen LogP contribution in [0.4, 0.5) is 0 Å². The summed E-state index contributed by atoms with van der Waals surface area (Å²) in [5.41, 5.74) is -1.25. The molecule has 1 aliphatic heterocycles. The van der Waals surface area contributed by atoms with Gasteiger partial charge >= 0.3 is 5.97 Å². The van der Waals surface area contributed by atoms with E-state index < -0.39 is 17.4 Å². The molecule has 0 saturated carbocycles. The van der Waals surface area contributed by atoms with Crippen LogP contribution in [0.1, 0.15) is 29.2 Å². The quantitative estimate of drug-likeness (QED) is 0.837. The van der Waals surface area contributed by atoms with Crippen LogP contribution in [-0.4, -0.2) is 35.7 Å². The fourth-order valence-electron chi connectivity index (χ4n) is 1.95. The maximum Gasteiger partial charge on any atom is 0.329 e. The highest BCUT2D eigenvalue weighted by atomic mass is 16.5. The molecule has 0 atom stereocenters. The molecule has 2 N–H and O–H groups in total. The molecule has 6 nitrogen and oxygen atoms in total. The van der Waals surface area contributed by atoms with Crippen LogP contribution in [0.2, 0.25) is 0 Å². The Morgan fingerprint density at radius 3 is 2.50 bits per heavy atom. The van der Waals surface area contributed by atoms with Gasteiger partial charge in [0.15, 0.2) is 5.76 Å². The van der Waals surface area contributed by atoms with Gasteiger partial charge in [0.25, 0.3) is 5.91 Å². The Morgan fingerprint density at radius 2 is 2.00 bits per heavy atom. The first-order chi connectivity index (χ1) is 8.53. The van der Waals surface area contributed by atoms with Gasteiger partial charge in [0.05, 0.1) is 0 Å². The fraction of sp³-hybridized carbons (Fsp3) is 0.500. The van der Waals surface area contributed by atoms with Crippen molar-refractivity contribution in [3.05, 3.63) is 23.7 Å². The summed E-state index contributed by atoms with van der Waals surface area (Å²) in [6.45, 7) is 2.37. The van der Waals surface area contributed by atoms with Crippen molar-refractivity contribution in [3.8, 4) is 0 Å². The monoisotopic (exact) mass is 253 g/mol. The molecular formula is C12H15NO5. The molecule has 0 aliphatic carbocycles. The molecule has 1 saturated heterocycles. The SMILES string of the molecule is Cc1ccc(C(=O)NC2(C(=O)O)CCOCC2)o1. The van der Waals surface area contributed by atoms with Crippen molar-refractivity contribution in [1.82, 2.24) is 5.32 Å². The molecule has 1 fully saturated rings. The molecule has 1 aromatic rings. The molecule has 0 bridgehead atoms. The number of aryl methyl sites for hydroxylation is 1. The fourth-order valence-corrected chi connectivity index (χ4v) is 1.95. The average molecular weight is 253 g/mol. The number of hydrogen-bond acceptors (Lipinski definition) is 4. The summed E-state index contributed by atoms with van der Waals surface area (Å²) < 4.78 is 10.3. The van der Waals surface area contributed by atoms with Gasteiger partial charge in [-0.15, -0.1) is 0 Å². The van der Waals surface area contributed by atoms with E-state index in [1.165, 1.54) is 6.07 Å². The van der Waals surface area contributed by atoms with Crippen LogP contribution in [0.25, 0.3) is 0 Å². The van der Waals surface area contributed by atoms with Crippen LogP contribution < -0.4 is 5.32 Å². The Morgan fingerprint density at radius 1 is 1.33 bits per heavy atom. The zero-order valence-corrected chi connectivity index (χ0v) is 10.1. The molecule has 18 heavy (non-hydrogen) atoms. The number of furan rings is 1. The van der Waals surface area contributed by atoms with Crippen LogP contribution in [0, 0.1) is 6.92 Å². The predicted octanol–water partition coefficient (Wildman–Crippen LogP) is 0.952. The first-order valence-corrected chi connectivity index (χ1v) is 5.74. The minimum absolute atomic E-state index is 0.125. The second-order valence-electron chi connectivity index (χ2n) is 4.36. The van der Waals surface area contributed by atoms with Gasteiger partial charge in [-0.25, -0.2) is 4.79 Å². The van der Waals surface area contributed by atoms with E-state index >= 15 is 0 Å². The molecule has 6 heteroatoms. The van der Waals surface area contributed by atoms with Crippen molar-refractivity contribution in [3.63, 3.8) is 0 Å². The van der Waals surface area contributed by atoms with Crippen molar-refractivity contribution >= 4 is 11.9 Å². The molecule has 2 rings (SSSR count).